The van der Waals surface area contributed by atoms with E-state index in [-0.39, 0.29) is 30.2 Å². The Morgan fingerprint density at radius 1 is 1.39 bits per heavy atom. The van der Waals surface area contributed by atoms with E-state index in [1.807, 2.05) is 11.8 Å². The topological polar surface area (TPSA) is 50.2 Å². The van der Waals surface area contributed by atoms with Gasteiger partial charge in [0.1, 0.15) is 11.5 Å². The Hall–Kier alpha value is -1.92. The van der Waals surface area contributed by atoms with Crippen LogP contribution in [0.4, 0.5) is 4.39 Å². The van der Waals surface area contributed by atoms with E-state index in [1.165, 1.54) is 16.9 Å². The summed E-state index contributed by atoms with van der Waals surface area (Å²) >= 11 is 0. The smallest absolute Gasteiger partial charge is 0.257 e. The SMILES string of the molecule is Cc1c(C(=O)N2CCNC[C@H]2C)cnn1-c1ccccc1F.Cl. The number of benzene rings is 1. The van der Waals surface area contributed by atoms with E-state index in [2.05, 4.69) is 10.4 Å². The lowest BCUT2D eigenvalue weighted by Gasteiger charge is -2.33. The summed E-state index contributed by atoms with van der Waals surface area (Å²) in [5.74, 6) is -0.405. The zero-order chi connectivity index (χ0) is 15.7. The molecule has 1 atom stereocenters. The van der Waals surface area contributed by atoms with Crippen molar-refractivity contribution in [3.05, 3.63) is 47.5 Å². The molecule has 1 aromatic carbocycles. The second-order valence-corrected chi connectivity index (χ2v) is 5.56. The maximum absolute atomic E-state index is 13.9. The molecule has 0 aliphatic carbocycles. The zero-order valence-corrected chi connectivity index (χ0v) is 13.9. The van der Waals surface area contributed by atoms with Crippen LogP contribution in [0.2, 0.25) is 0 Å². The van der Waals surface area contributed by atoms with Gasteiger partial charge in [0.25, 0.3) is 5.91 Å². The molecule has 0 saturated carbocycles. The molecule has 0 radical (unpaired) electrons. The van der Waals surface area contributed by atoms with Gasteiger partial charge in [-0.05, 0) is 26.0 Å². The number of aromatic nitrogens is 2. The Labute approximate surface area is 140 Å². The molecule has 2 aromatic rings. The first-order valence-electron chi connectivity index (χ1n) is 7.41. The molecule has 1 saturated heterocycles. The van der Waals surface area contributed by atoms with Gasteiger partial charge in [-0.25, -0.2) is 9.07 Å². The molecular weight excluding hydrogens is 319 g/mol. The molecule has 0 bridgehead atoms. The molecule has 23 heavy (non-hydrogen) atoms. The van der Waals surface area contributed by atoms with Crippen molar-refractivity contribution in [3.63, 3.8) is 0 Å². The molecule has 1 aromatic heterocycles. The summed E-state index contributed by atoms with van der Waals surface area (Å²) in [5.41, 5.74) is 1.53. The number of rotatable bonds is 2. The highest BCUT2D eigenvalue weighted by Crippen LogP contribution is 2.19. The summed E-state index contributed by atoms with van der Waals surface area (Å²) in [4.78, 5) is 14.6. The molecule has 7 heteroatoms. The molecule has 124 valence electrons. The van der Waals surface area contributed by atoms with Gasteiger partial charge in [-0.3, -0.25) is 4.79 Å². The number of carbonyl (C=O) groups is 1. The predicted octanol–water partition coefficient (Wildman–Crippen LogP) is 2.18. The number of nitrogens with zero attached hydrogens (tertiary/aromatic N) is 3. The second kappa shape index (κ2) is 7.10. The lowest BCUT2D eigenvalue weighted by Crippen LogP contribution is -2.52. The number of nitrogens with one attached hydrogen (secondary N) is 1. The number of piperazine rings is 1. The zero-order valence-electron chi connectivity index (χ0n) is 13.1. The lowest BCUT2D eigenvalue weighted by atomic mass is 10.1. The van der Waals surface area contributed by atoms with Crippen molar-refractivity contribution in [2.75, 3.05) is 19.6 Å². The van der Waals surface area contributed by atoms with Crippen molar-refractivity contribution < 1.29 is 9.18 Å². The Morgan fingerprint density at radius 3 is 2.83 bits per heavy atom. The largest absolute Gasteiger partial charge is 0.333 e. The van der Waals surface area contributed by atoms with Crippen LogP contribution in [0.1, 0.15) is 23.0 Å². The number of carbonyl (C=O) groups excluding carboxylic acids is 1. The number of amides is 1. The van der Waals surface area contributed by atoms with Crippen molar-refractivity contribution in [2.24, 2.45) is 0 Å². The Kier molecular flexibility index (Phi) is 5.38. The minimum atomic E-state index is -0.358. The minimum absolute atomic E-state index is 0. The monoisotopic (exact) mass is 338 g/mol. The van der Waals surface area contributed by atoms with Gasteiger partial charge in [-0.2, -0.15) is 5.10 Å². The molecule has 1 N–H and O–H groups in total. The van der Waals surface area contributed by atoms with Crippen molar-refractivity contribution in [1.82, 2.24) is 20.0 Å². The van der Waals surface area contributed by atoms with Crippen LogP contribution in [-0.4, -0.2) is 46.3 Å². The minimum Gasteiger partial charge on any atom is -0.333 e. The van der Waals surface area contributed by atoms with Crippen LogP contribution >= 0.6 is 12.4 Å². The van der Waals surface area contributed by atoms with Gasteiger partial charge in [0.05, 0.1) is 17.5 Å². The van der Waals surface area contributed by atoms with Gasteiger partial charge in [0.15, 0.2) is 0 Å². The summed E-state index contributed by atoms with van der Waals surface area (Å²) in [5, 5.41) is 7.46. The van der Waals surface area contributed by atoms with E-state index >= 15 is 0 Å². The molecule has 5 nitrogen and oxygen atoms in total. The average Bonchev–Trinajstić information content (AvgIpc) is 2.89. The molecule has 0 unspecified atom stereocenters. The Bertz CT molecular complexity index is 703. The van der Waals surface area contributed by atoms with Crippen LogP contribution in [0.25, 0.3) is 5.69 Å². The highest BCUT2D eigenvalue weighted by Gasteiger charge is 2.27. The number of hydrogen-bond acceptors (Lipinski definition) is 3. The van der Waals surface area contributed by atoms with Gasteiger partial charge in [0.2, 0.25) is 0 Å². The Morgan fingerprint density at radius 2 is 2.13 bits per heavy atom. The van der Waals surface area contributed by atoms with Gasteiger partial charge in [-0.1, -0.05) is 12.1 Å². The summed E-state index contributed by atoms with van der Waals surface area (Å²) in [6, 6.07) is 6.55. The quantitative estimate of drug-likeness (QED) is 0.913. The molecule has 0 spiro atoms. The normalized spacial score (nSPS) is 17.7. The summed E-state index contributed by atoms with van der Waals surface area (Å²) in [7, 11) is 0. The summed E-state index contributed by atoms with van der Waals surface area (Å²) in [6.07, 6.45) is 1.53. The fourth-order valence-corrected chi connectivity index (χ4v) is 2.78. The summed E-state index contributed by atoms with van der Waals surface area (Å²) < 4.78 is 15.4. The first-order chi connectivity index (χ1) is 10.6. The van der Waals surface area contributed by atoms with Crippen LogP contribution in [-0.2, 0) is 0 Å². The number of hydrogen-bond donors (Lipinski definition) is 1. The molecule has 2 heterocycles. The van der Waals surface area contributed by atoms with Crippen LogP contribution in [0, 0.1) is 12.7 Å². The predicted molar refractivity (Wildman–Crippen MR) is 88.9 cm³/mol. The van der Waals surface area contributed by atoms with E-state index in [9.17, 15) is 9.18 Å². The van der Waals surface area contributed by atoms with Crippen LogP contribution < -0.4 is 5.32 Å². The third-order valence-corrected chi connectivity index (χ3v) is 4.08. The van der Waals surface area contributed by atoms with Gasteiger partial charge in [-0.15, -0.1) is 12.4 Å². The second-order valence-electron chi connectivity index (χ2n) is 5.56. The van der Waals surface area contributed by atoms with E-state index in [0.717, 1.165) is 13.1 Å². The van der Waals surface area contributed by atoms with Crippen LogP contribution in [0.15, 0.2) is 30.5 Å². The first-order valence-corrected chi connectivity index (χ1v) is 7.41. The number of para-hydroxylation sites is 1. The highest BCUT2D eigenvalue weighted by atomic mass is 35.5. The molecular formula is C16H20ClFN4O. The van der Waals surface area contributed by atoms with E-state index in [4.69, 9.17) is 0 Å². The standard InChI is InChI=1S/C16H19FN4O.ClH/c1-11-9-18-7-8-20(11)16(22)13-10-19-21(12(13)2)15-6-4-3-5-14(15)17;/h3-6,10-11,18H,7-9H2,1-2H3;1H/t11-;/m1./s1. The van der Waals surface area contributed by atoms with Crippen molar-refractivity contribution in [2.45, 2.75) is 19.9 Å². The Balaban J connectivity index is 0.00000192. The fraction of sp³-hybridized carbons (Fsp3) is 0.375. The third-order valence-electron chi connectivity index (χ3n) is 4.08. The lowest BCUT2D eigenvalue weighted by molar-refractivity contribution is 0.0655. The van der Waals surface area contributed by atoms with Crippen LogP contribution in [0.5, 0.6) is 0 Å². The third kappa shape index (κ3) is 3.23. The van der Waals surface area contributed by atoms with Gasteiger partial charge in [0, 0.05) is 25.7 Å². The van der Waals surface area contributed by atoms with E-state index in [1.54, 1.807) is 25.1 Å². The fourth-order valence-electron chi connectivity index (χ4n) is 2.78. The number of halogens is 2. The average molecular weight is 339 g/mol. The molecule has 1 aliphatic rings. The molecule has 3 rings (SSSR count). The molecule has 1 amide bonds. The first kappa shape index (κ1) is 17.4. The van der Waals surface area contributed by atoms with Crippen molar-refractivity contribution >= 4 is 18.3 Å². The van der Waals surface area contributed by atoms with Gasteiger partial charge < -0.3 is 10.2 Å². The van der Waals surface area contributed by atoms with Gasteiger partial charge >= 0.3 is 0 Å². The van der Waals surface area contributed by atoms with E-state index in [0.29, 0.717) is 23.5 Å². The van der Waals surface area contributed by atoms with Crippen molar-refractivity contribution in [1.29, 1.82) is 0 Å². The van der Waals surface area contributed by atoms with E-state index < -0.39 is 0 Å². The maximum Gasteiger partial charge on any atom is 0.257 e. The highest BCUT2D eigenvalue weighted by molar-refractivity contribution is 5.95. The summed E-state index contributed by atoms with van der Waals surface area (Å²) in [6.45, 7) is 6.05. The van der Waals surface area contributed by atoms with Crippen molar-refractivity contribution in [3.8, 4) is 5.69 Å². The maximum atomic E-state index is 13.9. The molecule has 1 fully saturated rings. The van der Waals surface area contributed by atoms with Crippen LogP contribution in [0.3, 0.4) is 0 Å². The molecule has 1 aliphatic heterocycles.